The fourth-order valence-corrected chi connectivity index (χ4v) is 2.35. The zero-order valence-electron chi connectivity index (χ0n) is 13.6. The zero-order chi connectivity index (χ0) is 18.0. The van der Waals surface area contributed by atoms with Crippen LogP contribution in [0.5, 0.6) is 0 Å². The Kier molecular flexibility index (Phi) is 4.67. The van der Waals surface area contributed by atoms with Gasteiger partial charge in [0, 0.05) is 49.5 Å². The van der Waals surface area contributed by atoms with Crippen LogP contribution in [0.4, 0.5) is 5.95 Å². The minimum Gasteiger partial charge on any atom is -0.550 e. The Labute approximate surface area is 148 Å². The molecule has 128 valence electrons. The number of benzene rings is 1. The van der Waals surface area contributed by atoms with Gasteiger partial charge in [-0.05, 0) is 24.3 Å². The van der Waals surface area contributed by atoms with Crippen LogP contribution in [0.3, 0.4) is 0 Å². The molecular formula is C17H14ClN4O3-. The van der Waals surface area contributed by atoms with E-state index in [1.807, 2.05) is 14.1 Å². The van der Waals surface area contributed by atoms with Gasteiger partial charge in [-0.15, -0.1) is 0 Å². The number of aromatic nitrogens is 3. The van der Waals surface area contributed by atoms with E-state index in [1.165, 1.54) is 0 Å². The summed E-state index contributed by atoms with van der Waals surface area (Å²) in [6, 6.07) is 6.85. The summed E-state index contributed by atoms with van der Waals surface area (Å²) in [5, 5.41) is 11.6. The van der Waals surface area contributed by atoms with E-state index in [0.717, 1.165) is 0 Å². The standard InChI is InChI=1S/C17H15ClN4O3/c1-22(2)17-19-8-11(9-20-17)16-21-13(7-14(23)24)15(25-16)10-3-5-12(18)6-4-10/h3-6,8-9H,7H2,1-2H3,(H,23,24)/p-1. The molecule has 2 aromatic heterocycles. The van der Waals surface area contributed by atoms with Crippen molar-refractivity contribution in [3.63, 3.8) is 0 Å². The molecule has 0 amide bonds. The third-order valence-corrected chi connectivity index (χ3v) is 3.65. The Bertz CT molecular complexity index is 889. The van der Waals surface area contributed by atoms with Crippen LogP contribution in [0.2, 0.25) is 5.02 Å². The van der Waals surface area contributed by atoms with Gasteiger partial charge in [0.25, 0.3) is 0 Å². The number of nitrogens with zero attached hydrogens (tertiary/aromatic N) is 4. The highest BCUT2D eigenvalue weighted by Crippen LogP contribution is 2.30. The molecular weight excluding hydrogens is 344 g/mol. The van der Waals surface area contributed by atoms with Gasteiger partial charge in [0.1, 0.15) is 0 Å². The van der Waals surface area contributed by atoms with E-state index in [-0.39, 0.29) is 18.0 Å². The molecule has 0 saturated carbocycles. The lowest BCUT2D eigenvalue weighted by Crippen LogP contribution is -2.24. The first kappa shape index (κ1) is 16.9. The number of carboxylic acid groups (broad SMARTS) is 1. The first-order valence-corrected chi connectivity index (χ1v) is 7.77. The van der Waals surface area contributed by atoms with Crippen LogP contribution < -0.4 is 10.0 Å². The van der Waals surface area contributed by atoms with Gasteiger partial charge in [-0.1, -0.05) is 11.6 Å². The summed E-state index contributed by atoms with van der Waals surface area (Å²) in [5.74, 6) is -0.100. The Morgan fingerprint density at radius 2 is 1.80 bits per heavy atom. The summed E-state index contributed by atoms with van der Waals surface area (Å²) >= 11 is 5.89. The zero-order valence-corrected chi connectivity index (χ0v) is 14.3. The number of aliphatic carboxylic acids is 1. The van der Waals surface area contributed by atoms with Gasteiger partial charge in [-0.2, -0.15) is 0 Å². The molecule has 8 heteroatoms. The Hall–Kier alpha value is -2.93. The van der Waals surface area contributed by atoms with Crippen LogP contribution in [0, 0.1) is 0 Å². The Morgan fingerprint density at radius 3 is 2.36 bits per heavy atom. The second kappa shape index (κ2) is 6.90. The quantitative estimate of drug-likeness (QED) is 0.687. The fraction of sp³-hybridized carbons (Fsp3) is 0.176. The minimum absolute atomic E-state index is 0.242. The summed E-state index contributed by atoms with van der Waals surface area (Å²) in [6.45, 7) is 0. The van der Waals surface area contributed by atoms with Crippen molar-refractivity contribution >= 4 is 23.5 Å². The molecule has 0 fully saturated rings. The molecule has 0 radical (unpaired) electrons. The first-order chi connectivity index (χ1) is 11.9. The van der Waals surface area contributed by atoms with Gasteiger partial charge in [-0.25, -0.2) is 15.0 Å². The lowest BCUT2D eigenvalue weighted by molar-refractivity contribution is -0.304. The van der Waals surface area contributed by atoms with Crippen LogP contribution in [0.25, 0.3) is 22.8 Å². The van der Waals surface area contributed by atoms with E-state index in [9.17, 15) is 9.90 Å². The molecule has 7 nitrogen and oxygen atoms in total. The molecule has 3 rings (SSSR count). The molecule has 2 heterocycles. The van der Waals surface area contributed by atoms with Gasteiger partial charge in [-0.3, -0.25) is 0 Å². The number of rotatable bonds is 5. The third kappa shape index (κ3) is 3.77. The van der Waals surface area contributed by atoms with Crippen molar-refractivity contribution < 1.29 is 14.3 Å². The number of halogens is 1. The molecule has 1 aromatic carbocycles. The normalized spacial score (nSPS) is 10.7. The predicted octanol–water partition coefficient (Wildman–Crippen LogP) is 1.81. The molecule has 0 aliphatic rings. The van der Waals surface area contributed by atoms with Crippen molar-refractivity contribution in [3.8, 4) is 22.8 Å². The first-order valence-electron chi connectivity index (χ1n) is 7.39. The maximum Gasteiger partial charge on any atom is 0.230 e. The molecule has 0 N–H and O–H groups in total. The fourth-order valence-electron chi connectivity index (χ4n) is 2.22. The molecule has 3 aromatic rings. The van der Waals surface area contributed by atoms with Crippen molar-refractivity contribution in [2.45, 2.75) is 6.42 Å². The Balaban J connectivity index is 2.03. The van der Waals surface area contributed by atoms with Crippen LogP contribution in [0.15, 0.2) is 41.1 Å². The van der Waals surface area contributed by atoms with Crippen molar-refractivity contribution in [1.82, 2.24) is 15.0 Å². The number of carbonyl (C=O) groups is 1. The number of hydrogen-bond donors (Lipinski definition) is 0. The lowest BCUT2D eigenvalue weighted by Gasteiger charge is -2.08. The van der Waals surface area contributed by atoms with Crippen molar-refractivity contribution in [2.24, 2.45) is 0 Å². The molecule has 0 aliphatic heterocycles. The minimum atomic E-state index is -1.24. The topological polar surface area (TPSA) is 95.2 Å². The van der Waals surface area contributed by atoms with Gasteiger partial charge < -0.3 is 19.2 Å². The van der Waals surface area contributed by atoms with E-state index in [4.69, 9.17) is 16.0 Å². The summed E-state index contributed by atoms with van der Waals surface area (Å²) < 4.78 is 5.79. The van der Waals surface area contributed by atoms with Crippen LogP contribution in [-0.4, -0.2) is 35.0 Å². The van der Waals surface area contributed by atoms with E-state index in [1.54, 1.807) is 41.6 Å². The van der Waals surface area contributed by atoms with Crippen LogP contribution in [0.1, 0.15) is 5.69 Å². The second-order valence-electron chi connectivity index (χ2n) is 5.52. The molecule has 0 spiro atoms. The number of hydrogen-bond acceptors (Lipinski definition) is 7. The highest BCUT2D eigenvalue weighted by Gasteiger charge is 2.17. The molecule has 0 aliphatic carbocycles. The summed E-state index contributed by atoms with van der Waals surface area (Å²) in [6.07, 6.45) is 2.78. The SMILES string of the molecule is CN(C)c1ncc(-c2nc(CC(=O)[O-])c(-c3ccc(Cl)cc3)o2)cn1. The lowest BCUT2D eigenvalue weighted by atomic mass is 10.1. The van der Waals surface area contributed by atoms with E-state index in [0.29, 0.717) is 27.9 Å². The van der Waals surface area contributed by atoms with Crippen LogP contribution >= 0.6 is 11.6 Å². The van der Waals surface area contributed by atoms with E-state index >= 15 is 0 Å². The molecule has 0 atom stereocenters. The van der Waals surface area contributed by atoms with Crippen LogP contribution in [-0.2, 0) is 11.2 Å². The average Bonchev–Trinajstić information content (AvgIpc) is 2.98. The van der Waals surface area contributed by atoms with Crippen molar-refractivity contribution in [3.05, 3.63) is 47.4 Å². The largest absolute Gasteiger partial charge is 0.550 e. The summed E-state index contributed by atoms with van der Waals surface area (Å²) in [4.78, 5) is 25.5. The maximum atomic E-state index is 11.0. The monoisotopic (exact) mass is 357 g/mol. The predicted molar refractivity (Wildman–Crippen MR) is 91.0 cm³/mol. The van der Waals surface area contributed by atoms with Gasteiger partial charge >= 0.3 is 0 Å². The highest BCUT2D eigenvalue weighted by molar-refractivity contribution is 6.30. The van der Waals surface area contributed by atoms with Gasteiger partial charge in [0.05, 0.1) is 11.3 Å². The van der Waals surface area contributed by atoms with E-state index in [2.05, 4.69) is 15.0 Å². The van der Waals surface area contributed by atoms with Gasteiger partial charge in [0.15, 0.2) is 5.76 Å². The Morgan fingerprint density at radius 1 is 1.16 bits per heavy atom. The number of oxazole rings is 1. The molecule has 0 bridgehead atoms. The summed E-state index contributed by atoms with van der Waals surface area (Å²) in [5.41, 5.74) is 1.49. The second-order valence-corrected chi connectivity index (χ2v) is 5.95. The summed E-state index contributed by atoms with van der Waals surface area (Å²) in [7, 11) is 3.66. The third-order valence-electron chi connectivity index (χ3n) is 3.40. The van der Waals surface area contributed by atoms with Gasteiger partial charge in [0.2, 0.25) is 11.8 Å². The maximum absolute atomic E-state index is 11.0. The highest BCUT2D eigenvalue weighted by atomic mass is 35.5. The smallest absolute Gasteiger partial charge is 0.230 e. The van der Waals surface area contributed by atoms with Crippen molar-refractivity contribution in [2.75, 3.05) is 19.0 Å². The average molecular weight is 358 g/mol. The number of carboxylic acids is 1. The number of anilines is 1. The molecule has 0 unspecified atom stereocenters. The number of carbonyl (C=O) groups excluding carboxylic acids is 1. The van der Waals surface area contributed by atoms with E-state index < -0.39 is 5.97 Å². The molecule has 0 saturated heterocycles. The van der Waals surface area contributed by atoms with Crippen molar-refractivity contribution in [1.29, 1.82) is 0 Å². The molecule has 25 heavy (non-hydrogen) atoms.